The number of likely N-dealkylation sites (tertiary alicyclic amines) is 1. The van der Waals surface area contributed by atoms with Crippen LogP contribution in [0.1, 0.15) is 21.5 Å². The Labute approximate surface area is 364 Å². The summed E-state index contributed by atoms with van der Waals surface area (Å²) in [6, 6.07) is 31.1. The lowest BCUT2D eigenvalue weighted by atomic mass is 10.1. The Morgan fingerprint density at radius 3 is 1.89 bits per heavy atom. The van der Waals surface area contributed by atoms with E-state index in [-0.39, 0.29) is 23.0 Å². The fourth-order valence-corrected chi connectivity index (χ4v) is 9.10. The van der Waals surface area contributed by atoms with Crippen LogP contribution >= 0.6 is 11.8 Å². The van der Waals surface area contributed by atoms with Crippen molar-refractivity contribution in [2.75, 3.05) is 28.8 Å². The Bertz CT molecular complexity index is 2740. The van der Waals surface area contributed by atoms with Gasteiger partial charge in [-0.15, -0.1) is 11.8 Å². The third-order valence-corrected chi connectivity index (χ3v) is 12.3. The highest BCUT2D eigenvalue weighted by atomic mass is 32.2. The minimum Gasteiger partial charge on any atom is -0.755 e. The Balaban J connectivity index is 0.977. The zero-order chi connectivity index (χ0) is 43.3. The van der Waals surface area contributed by atoms with Crippen LogP contribution in [0.15, 0.2) is 145 Å². The third-order valence-electron chi connectivity index (χ3n) is 9.79. The van der Waals surface area contributed by atoms with Crippen molar-refractivity contribution >= 4 is 63.0 Å². The van der Waals surface area contributed by atoms with Gasteiger partial charge in [-0.1, -0.05) is 36.4 Å². The molecular formula is C43H35F2N7O7S3-2. The van der Waals surface area contributed by atoms with Gasteiger partial charge in [0, 0.05) is 30.3 Å². The Kier molecular flexibility index (Phi) is 12.9. The molecule has 0 amide bonds. The molecule has 19 heteroatoms. The van der Waals surface area contributed by atoms with Gasteiger partial charge in [0.25, 0.3) is 0 Å². The normalized spacial score (nSPS) is 13.9. The zero-order valence-corrected chi connectivity index (χ0v) is 35.1. The molecule has 1 fully saturated rings. The SMILES string of the molecule is COC(=O)c1cc(OC2CN(Cc3ccc(N(c4cnn(-c5ccc(F)cc5)c4)S(=O)[O-])c(SCc4ccccc4)c3)C2)ccc1N(c1cnn(-c2ccc(F)cc2)c1)S(=O)[O-]. The molecule has 0 saturated carbocycles. The maximum atomic E-state index is 13.6. The molecule has 0 bridgehead atoms. The molecule has 1 aliphatic heterocycles. The molecule has 0 N–H and O–H groups in total. The molecule has 0 spiro atoms. The first-order chi connectivity index (χ1) is 30.0. The van der Waals surface area contributed by atoms with Crippen LogP contribution in [0.5, 0.6) is 5.75 Å². The van der Waals surface area contributed by atoms with Gasteiger partial charge >= 0.3 is 5.97 Å². The molecule has 0 radical (unpaired) electrons. The summed E-state index contributed by atoms with van der Waals surface area (Å²) in [6.07, 6.45) is 5.49. The average molecular weight is 896 g/mol. The summed E-state index contributed by atoms with van der Waals surface area (Å²) in [5, 5.41) is 8.55. The van der Waals surface area contributed by atoms with Gasteiger partial charge in [-0.2, -0.15) is 10.2 Å². The van der Waals surface area contributed by atoms with Gasteiger partial charge in [0.1, 0.15) is 23.5 Å². The van der Waals surface area contributed by atoms with Crippen LogP contribution in [-0.4, -0.2) is 74.3 Å². The first-order valence-electron chi connectivity index (χ1n) is 18.8. The van der Waals surface area contributed by atoms with E-state index < -0.39 is 40.1 Å². The number of carbonyl (C=O) groups excluding carboxylic acids is 1. The van der Waals surface area contributed by atoms with Crippen LogP contribution < -0.4 is 13.3 Å². The number of ether oxygens (including phenoxy) is 2. The van der Waals surface area contributed by atoms with E-state index in [1.54, 1.807) is 30.5 Å². The van der Waals surface area contributed by atoms with E-state index in [1.807, 2.05) is 42.5 Å². The largest absolute Gasteiger partial charge is 0.755 e. The molecule has 318 valence electrons. The summed E-state index contributed by atoms with van der Waals surface area (Å²) in [4.78, 5) is 15.9. The summed E-state index contributed by atoms with van der Waals surface area (Å²) >= 11 is -4.10. The van der Waals surface area contributed by atoms with Gasteiger partial charge in [-0.25, -0.2) is 22.9 Å². The lowest BCUT2D eigenvalue weighted by Gasteiger charge is -2.39. The Morgan fingerprint density at radius 1 is 0.758 bits per heavy atom. The standard InChI is InChI=1S/C43H37F2N7O7S3/c1-58-43(53)39-20-37(16-18-40(39)51(61(54)55)35-21-46-49(24-35)33-12-8-31(44)9-13-33)59-38-26-48(27-38)23-30-7-17-41(42(19-30)60-28-29-5-3-2-4-6-29)52(62(56)57)36-22-47-50(25-36)34-14-10-32(45)11-15-34/h2-22,24-25,38H,23,26-28H2,1H3,(H,54,55)(H,56,57)/p-2. The van der Waals surface area contributed by atoms with E-state index in [9.17, 15) is 31.1 Å². The number of halogens is 2. The smallest absolute Gasteiger partial charge is 0.340 e. The molecule has 62 heavy (non-hydrogen) atoms. The van der Waals surface area contributed by atoms with Crippen molar-refractivity contribution in [1.82, 2.24) is 24.5 Å². The summed E-state index contributed by atoms with van der Waals surface area (Å²) in [5.74, 6) is -0.709. The van der Waals surface area contributed by atoms with Crippen molar-refractivity contribution in [3.8, 4) is 17.1 Å². The van der Waals surface area contributed by atoms with Gasteiger partial charge in [0.05, 0.1) is 94.1 Å². The molecule has 0 aliphatic carbocycles. The number of nitrogens with zero attached hydrogens (tertiary/aromatic N) is 7. The van der Waals surface area contributed by atoms with E-state index in [0.717, 1.165) is 20.3 Å². The van der Waals surface area contributed by atoms with Gasteiger partial charge in [-0.05, 0) is 90.0 Å². The first kappa shape index (κ1) is 42.5. The molecular weight excluding hydrogens is 861 g/mol. The molecule has 1 saturated heterocycles. The van der Waals surface area contributed by atoms with E-state index in [0.29, 0.717) is 53.9 Å². The highest BCUT2D eigenvalue weighted by molar-refractivity contribution is 7.98. The summed E-state index contributed by atoms with van der Waals surface area (Å²) in [7, 11) is 1.19. The molecule has 5 aromatic carbocycles. The number of hydrogen-bond donors (Lipinski definition) is 0. The fraction of sp³-hybridized carbons (Fsp3) is 0.140. The average Bonchev–Trinajstić information content (AvgIpc) is 3.95. The van der Waals surface area contributed by atoms with E-state index >= 15 is 0 Å². The van der Waals surface area contributed by atoms with E-state index in [1.165, 1.54) is 99.7 Å². The van der Waals surface area contributed by atoms with Crippen LogP contribution in [0.3, 0.4) is 0 Å². The van der Waals surface area contributed by atoms with Crippen LogP contribution in [0, 0.1) is 11.6 Å². The van der Waals surface area contributed by atoms with Crippen molar-refractivity contribution in [1.29, 1.82) is 0 Å². The number of carbonyl (C=O) groups is 1. The lowest BCUT2D eigenvalue weighted by molar-refractivity contribution is 0.0144. The second-order valence-corrected chi connectivity index (χ2v) is 16.6. The molecule has 7 aromatic rings. The molecule has 3 heterocycles. The number of anilines is 4. The van der Waals surface area contributed by atoms with Crippen LogP contribution in [0.4, 0.5) is 31.5 Å². The summed E-state index contributed by atoms with van der Waals surface area (Å²) < 4.78 is 94.1. The number of aromatic nitrogens is 4. The molecule has 2 unspecified atom stereocenters. The van der Waals surface area contributed by atoms with Crippen molar-refractivity contribution in [3.63, 3.8) is 0 Å². The van der Waals surface area contributed by atoms with Crippen LogP contribution in [0.25, 0.3) is 11.4 Å². The maximum Gasteiger partial charge on any atom is 0.340 e. The lowest BCUT2D eigenvalue weighted by Crippen LogP contribution is -2.53. The highest BCUT2D eigenvalue weighted by Crippen LogP contribution is 2.39. The van der Waals surface area contributed by atoms with Gasteiger partial charge in [0.15, 0.2) is 0 Å². The molecule has 8 rings (SSSR count). The zero-order valence-electron chi connectivity index (χ0n) is 32.7. The minimum absolute atomic E-state index is 0.0110. The van der Waals surface area contributed by atoms with Crippen LogP contribution in [0.2, 0.25) is 0 Å². The van der Waals surface area contributed by atoms with Crippen LogP contribution in [-0.2, 0) is 39.6 Å². The second-order valence-electron chi connectivity index (χ2n) is 13.9. The fourth-order valence-electron chi connectivity index (χ4n) is 6.81. The van der Waals surface area contributed by atoms with Crippen molar-refractivity contribution in [2.45, 2.75) is 23.3 Å². The molecule has 1 aliphatic rings. The highest BCUT2D eigenvalue weighted by Gasteiger charge is 2.30. The monoisotopic (exact) mass is 895 g/mol. The van der Waals surface area contributed by atoms with Crippen molar-refractivity contribution < 1.29 is 40.6 Å². The Hall–Kier alpha value is -6.22. The number of hydrogen-bond acceptors (Lipinski definition) is 11. The quantitative estimate of drug-likeness (QED) is 0.0536. The van der Waals surface area contributed by atoms with Crippen molar-refractivity contribution in [3.05, 3.63) is 168 Å². The predicted molar refractivity (Wildman–Crippen MR) is 229 cm³/mol. The van der Waals surface area contributed by atoms with Gasteiger partial charge < -0.3 is 18.6 Å². The van der Waals surface area contributed by atoms with Crippen molar-refractivity contribution in [2.24, 2.45) is 0 Å². The molecule has 2 aromatic heterocycles. The number of methoxy groups -OCH3 is 1. The topological polar surface area (TPSA) is 161 Å². The molecule has 2 atom stereocenters. The number of esters is 1. The number of benzene rings is 5. The molecule has 14 nitrogen and oxygen atoms in total. The van der Waals surface area contributed by atoms with Gasteiger partial charge in [0.2, 0.25) is 0 Å². The Morgan fingerprint density at radius 2 is 1.32 bits per heavy atom. The summed E-state index contributed by atoms with van der Waals surface area (Å²) in [6.45, 7) is 1.59. The first-order valence-corrected chi connectivity index (χ1v) is 21.9. The third kappa shape index (κ3) is 9.62. The van der Waals surface area contributed by atoms with E-state index in [2.05, 4.69) is 15.1 Å². The second kappa shape index (κ2) is 18.8. The predicted octanol–water partition coefficient (Wildman–Crippen LogP) is 7.54. The maximum absolute atomic E-state index is 13.6. The number of rotatable bonds is 16. The van der Waals surface area contributed by atoms with Gasteiger partial charge in [-0.3, -0.25) is 21.9 Å². The number of thioether (sulfide) groups is 1. The van der Waals surface area contributed by atoms with E-state index in [4.69, 9.17) is 9.47 Å². The summed E-state index contributed by atoms with van der Waals surface area (Å²) in [5.41, 5.74) is 3.87. The minimum atomic E-state index is -2.88.